The minimum Gasteiger partial charge on any atom is -0.325 e. The summed E-state index contributed by atoms with van der Waals surface area (Å²) in [6, 6.07) is 15.8. The maximum Gasteiger partial charge on any atom is 0.244 e. The van der Waals surface area contributed by atoms with Crippen LogP contribution in [-0.4, -0.2) is 55.2 Å². The van der Waals surface area contributed by atoms with Gasteiger partial charge in [-0.3, -0.25) is 19.2 Å². The lowest BCUT2D eigenvalue weighted by atomic mass is 10.0. The summed E-state index contributed by atoms with van der Waals surface area (Å²) in [7, 11) is 1.83. The number of halogens is 3. The van der Waals surface area contributed by atoms with Gasteiger partial charge in [0.1, 0.15) is 11.9 Å². The van der Waals surface area contributed by atoms with E-state index in [9.17, 15) is 9.18 Å². The highest BCUT2D eigenvalue weighted by Gasteiger charge is 2.33. The van der Waals surface area contributed by atoms with Gasteiger partial charge in [-0.25, -0.2) is 14.1 Å². The van der Waals surface area contributed by atoms with E-state index in [0.29, 0.717) is 22.1 Å². The van der Waals surface area contributed by atoms with Crippen LogP contribution >= 0.6 is 23.2 Å². The Kier molecular flexibility index (Phi) is 7.56. The Balaban J connectivity index is 1.22. The largest absolute Gasteiger partial charge is 0.325 e. The molecule has 3 heterocycles. The number of hydrogen-bond donors (Lipinski definition) is 1. The van der Waals surface area contributed by atoms with Crippen molar-refractivity contribution in [2.75, 3.05) is 23.8 Å². The van der Waals surface area contributed by atoms with Crippen molar-refractivity contribution in [1.82, 2.24) is 29.8 Å². The fourth-order valence-electron chi connectivity index (χ4n) is 4.52. The molecule has 2 aromatic heterocycles. The Morgan fingerprint density at radius 2 is 1.85 bits per heavy atom. The van der Waals surface area contributed by atoms with Crippen molar-refractivity contribution in [2.24, 2.45) is 7.05 Å². The highest BCUT2D eigenvalue weighted by Crippen LogP contribution is 2.30. The number of nitrogens with zero attached hydrogens (tertiary/aromatic N) is 7. The van der Waals surface area contributed by atoms with E-state index in [0.717, 1.165) is 16.5 Å². The molecular weight excluding hydrogens is 574 g/mol. The number of aromatic nitrogens is 5. The Labute approximate surface area is 243 Å². The normalized spacial score (nSPS) is 14.9. The second-order valence-electron chi connectivity index (χ2n) is 9.34. The van der Waals surface area contributed by atoms with Crippen molar-refractivity contribution in [3.05, 3.63) is 94.6 Å². The molecule has 0 spiro atoms. The van der Waals surface area contributed by atoms with Gasteiger partial charge in [0.2, 0.25) is 5.91 Å². The predicted molar refractivity (Wildman–Crippen MR) is 151 cm³/mol. The molecule has 0 saturated carbocycles. The molecule has 41 heavy (non-hydrogen) atoms. The quantitative estimate of drug-likeness (QED) is 0.287. The van der Waals surface area contributed by atoms with Crippen LogP contribution < -0.4 is 10.4 Å². The number of anilines is 2. The maximum atomic E-state index is 13.6. The van der Waals surface area contributed by atoms with Crippen LogP contribution in [0.3, 0.4) is 0 Å². The second kappa shape index (κ2) is 11.4. The molecular formula is C27H23Cl2FN8O3. The van der Waals surface area contributed by atoms with E-state index in [2.05, 4.69) is 20.7 Å². The van der Waals surface area contributed by atoms with Gasteiger partial charge in [-0.15, -0.1) is 10.2 Å². The van der Waals surface area contributed by atoms with E-state index >= 15 is 0 Å². The molecule has 3 aromatic carbocycles. The van der Waals surface area contributed by atoms with Gasteiger partial charge in [0, 0.05) is 29.3 Å². The average molecular weight is 597 g/mol. The smallest absolute Gasteiger partial charge is 0.244 e. The van der Waals surface area contributed by atoms with Crippen molar-refractivity contribution < 1.29 is 18.9 Å². The van der Waals surface area contributed by atoms with Crippen LogP contribution in [0.1, 0.15) is 5.56 Å². The highest BCUT2D eigenvalue weighted by molar-refractivity contribution is 6.31. The molecule has 0 aliphatic carbocycles. The third-order valence-electron chi connectivity index (χ3n) is 6.48. The Bertz CT molecular complexity index is 1700. The van der Waals surface area contributed by atoms with Crippen LogP contribution in [0.15, 0.2) is 73.1 Å². The van der Waals surface area contributed by atoms with Gasteiger partial charge in [0.15, 0.2) is 18.6 Å². The summed E-state index contributed by atoms with van der Waals surface area (Å²) in [5.41, 5.74) is 3.34. The van der Waals surface area contributed by atoms with E-state index in [4.69, 9.17) is 32.9 Å². The van der Waals surface area contributed by atoms with Gasteiger partial charge >= 0.3 is 0 Å². The van der Waals surface area contributed by atoms with Crippen LogP contribution in [0.2, 0.25) is 10.2 Å². The molecule has 1 aliphatic rings. The topological polar surface area (TPSA) is 103 Å². The lowest BCUT2D eigenvalue weighted by Gasteiger charge is -2.38. The molecule has 14 heteroatoms. The summed E-state index contributed by atoms with van der Waals surface area (Å²) in [4.78, 5) is 25.7. The first kappa shape index (κ1) is 27.1. The molecule has 0 unspecified atom stereocenters. The van der Waals surface area contributed by atoms with E-state index < -0.39 is 6.04 Å². The van der Waals surface area contributed by atoms with Gasteiger partial charge in [0.25, 0.3) is 0 Å². The van der Waals surface area contributed by atoms with Gasteiger partial charge in [-0.1, -0.05) is 40.5 Å². The third-order valence-corrected chi connectivity index (χ3v) is 6.89. The van der Waals surface area contributed by atoms with Crippen LogP contribution in [0.5, 0.6) is 0 Å². The van der Waals surface area contributed by atoms with Crippen molar-refractivity contribution >= 4 is 51.4 Å². The summed E-state index contributed by atoms with van der Waals surface area (Å²) >= 11 is 12.2. The van der Waals surface area contributed by atoms with Gasteiger partial charge < -0.3 is 5.32 Å². The molecule has 1 aliphatic heterocycles. The highest BCUT2D eigenvalue weighted by atomic mass is 35.5. The van der Waals surface area contributed by atoms with Crippen LogP contribution in [0, 0.1) is 5.82 Å². The Hall–Kier alpha value is -4.07. The molecule has 0 bridgehead atoms. The van der Waals surface area contributed by atoms with Gasteiger partial charge in [0.05, 0.1) is 23.1 Å². The number of hydroxylamine groups is 3. The SMILES string of the molecule is Cn1cc2cc(NC(=O)[C@H](Cc3ccc(F)cc3)N3CON(c4cc(Cl)ccc4-n4cc(Cl)nn4)CO3)ccc2n1. The number of benzene rings is 3. The molecule has 0 radical (unpaired) electrons. The van der Waals surface area contributed by atoms with E-state index in [1.807, 2.05) is 25.4 Å². The fourth-order valence-corrected chi connectivity index (χ4v) is 4.81. The molecule has 1 saturated heterocycles. The number of fused-ring (bicyclic) bond motifs is 1. The molecule has 1 atom stereocenters. The zero-order valence-corrected chi connectivity index (χ0v) is 23.1. The number of carbonyl (C=O) groups is 1. The van der Waals surface area contributed by atoms with E-state index in [1.54, 1.807) is 47.3 Å². The van der Waals surface area contributed by atoms with E-state index in [-0.39, 0.29) is 36.8 Å². The average Bonchev–Trinajstić information content (AvgIpc) is 3.56. The van der Waals surface area contributed by atoms with E-state index in [1.165, 1.54) is 26.9 Å². The lowest BCUT2D eigenvalue weighted by Crippen LogP contribution is -2.52. The minimum atomic E-state index is -0.805. The Morgan fingerprint density at radius 3 is 2.59 bits per heavy atom. The van der Waals surface area contributed by atoms with Crippen molar-refractivity contribution in [3.8, 4) is 5.69 Å². The minimum absolute atomic E-state index is 0.0649. The number of carbonyl (C=O) groups excluding carboxylic acids is 1. The number of hydrogen-bond acceptors (Lipinski definition) is 8. The molecule has 6 rings (SSSR count). The van der Waals surface area contributed by atoms with Crippen LogP contribution in [-0.2, 0) is 27.9 Å². The molecule has 210 valence electrons. The molecule has 5 aromatic rings. The van der Waals surface area contributed by atoms with Crippen LogP contribution in [0.4, 0.5) is 15.8 Å². The monoisotopic (exact) mass is 596 g/mol. The first-order valence-corrected chi connectivity index (χ1v) is 13.2. The zero-order chi connectivity index (χ0) is 28.5. The van der Waals surface area contributed by atoms with Crippen molar-refractivity contribution in [2.45, 2.75) is 12.5 Å². The lowest BCUT2D eigenvalue weighted by molar-refractivity contribution is -0.279. The summed E-state index contributed by atoms with van der Waals surface area (Å²) in [6.45, 7) is -0.157. The van der Waals surface area contributed by atoms with Crippen molar-refractivity contribution in [1.29, 1.82) is 0 Å². The first-order chi connectivity index (χ1) is 19.8. The standard InChI is InChI=1S/C27H23Cl2FN8O3/c1-35-13-18-11-21(7-8-22(18)33-35)31-27(39)25(10-17-2-5-20(30)6-3-17)38-16-40-37(15-41-38)24-12-19(28)4-9-23(24)36-14-26(29)32-34-36/h2-9,11-14,25H,10,15-16H2,1H3,(H,31,39)/t25-/m0/s1. The fraction of sp³-hybridized carbons (Fsp3) is 0.185. The number of amides is 1. The Morgan fingerprint density at radius 1 is 1.02 bits per heavy atom. The molecule has 1 amide bonds. The van der Waals surface area contributed by atoms with Crippen molar-refractivity contribution in [3.63, 3.8) is 0 Å². The number of aryl methyl sites for hydroxylation is 1. The summed E-state index contributed by atoms with van der Waals surface area (Å²) < 4.78 is 16.8. The maximum absolute atomic E-state index is 13.6. The molecule has 1 fully saturated rings. The third kappa shape index (κ3) is 6.01. The second-order valence-corrected chi connectivity index (χ2v) is 10.2. The summed E-state index contributed by atoms with van der Waals surface area (Å²) in [6.07, 6.45) is 3.66. The summed E-state index contributed by atoms with van der Waals surface area (Å²) in [5.74, 6) is -0.686. The van der Waals surface area contributed by atoms with Gasteiger partial charge in [-0.2, -0.15) is 5.10 Å². The number of rotatable bonds is 7. The molecule has 1 N–H and O–H groups in total. The number of nitrogens with one attached hydrogen (secondary N) is 1. The van der Waals surface area contributed by atoms with Gasteiger partial charge in [-0.05, 0) is 60.5 Å². The predicted octanol–water partition coefficient (Wildman–Crippen LogP) is 4.75. The van der Waals surface area contributed by atoms with Crippen LogP contribution in [0.25, 0.3) is 16.6 Å². The zero-order valence-electron chi connectivity index (χ0n) is 21.6. The summed E-state index contributed by atoms with van der Waals surface area (Å²) in [5, 5.41) is 19.7. The molecule has 11 nitrogen and oxygen atoms in total. The first-order valence-electron chi connectivity index (χ1n) is 12.5.